The average Bonchev–Trinajstić information content (AvgIpc) is 2.63. The van der Waals surface area contributed by atoms with Crippen LogP contribution >= 0.6 is 11.6 Å². The molecule has 0 atom stereocenters. The quantitative estimate of drug-likeness (QED) is 0.750. The number of aromatic nitrogens is 2. The third-order valence-electron chi connectivity index (χ3n) is 3.50. The van der Waals surface area contributed by atoms with Crippen LogP contribution in [-0.4, -0.2) is 49.7 Å². The van der Waals surface area contributed by atoms with Gasteiger partial charge in [0.15, 0.2) is 16.7 Å². The van der Waals surface area contributed by atoms with Crippen LogP contribution in [0.25, 0.3) is 0 Å². The number of rotatable bonds is 8. The molecule has 0 spiro atoms. The highest BCUT2D eigenvalue weighted by Gasteiger charge is 2.19. The Hall–Kier alpha value is -2.54. The molecule has 2 rings (SSSR count). The number of benzene rings is 1. The molecule has 0 aliphatic carbocycles. The molecule has 1 aromatic heterocycles. The monoisotopic (exact) mass is 363 g/mol. The van der Waals surface area contributed by atoms with Crippen LogP contribution in [0.4, 0.5) is 11.5 Å². The lowest BCUT2D eigenvalue weighted by molar-refractivity contribution is 0.0945. The molecule has 0 aliphatic heterocycles. The van der Waals surface area contributed by atoms with E-state index in [1.54, 1.807) is 0 Å². The number of hydrogen-bond donors (Lipinski definition) is 2. The maximum absolute atomic E-state index is 12.4. The van der Waals surface area contributed by atoms with Gasteiger partial charge in [0.25, 0.3) is 5.91 Å². The standard InChI is InChI=1S/C17H22ClN5O2/c1-4-19-15-14(18)21-13(17(22-15)25-3)16(24)20-10-11-23(2)12-8-6-5-7-9-12/h5-9H,4,10-11H2,1-3H3,(H,19,22)(H,20,24). The predicted molar refractivity (Wildman–Crippen MR) is 99.8 cm³/mol. The Bertz CT molecular complexity index is 712. The summed E-state index contributed by atoms with van der Waals surface area (Å²) in [5, 5.41) is 5.91. The summed E-state index contributed by atoms with van der Waals surface area (Å²) in [4.78, 5) is 22.7. The van der Waals surface area contributed by atoms with Gasteiger partial charge in [-0.2, -0.15) is 4.98 Å². The molecular formula is C17H22ClN5O2. The zero-order chi connectivity index (χ0) is 18.2. The Kier molecular flexibility index (Phi) is 6.82. The van der Waals surface area contributed by atoms with E-state index in [0.29, 0.717) is 25.5 Å². The van der Waals surface area contributed by atoms with Crippen LogP contribution in [0.5, 0.6) is 5.88 Å². The number of methoxy groups -OCH3 is 1. The lowest BCUT2D eigenvalue weighted by Gasteiger charge is -2.19. The van der Waals surface area contributed by atoms with Gasteiger partial charge >= 0.3 is 0 Å². The highest BCUT2D eigenvalue weighted by molar-refractivity contribution is 6.31. The second-order valence-corrected chi connectivity index (χ2v) is 5.62. The first kappa shape index (κ1) is 18.8. The number of halogens is 1. The number of carbonyl (C=O) groups is 1. The maximum Gasteiger partial charge on any atom is 0.275 e. The number of nitrogens with zero attached hydrogens (tertiary/aromatic N) is 3. The highest BCUT2D eigenvalue weighted by Crippen LogP contribution is 2.23. The minimum absolute atomic E-state index is 0.0662. The van der Waals surface area contributed by atoms with Crippen molar-refractivity contribution in [3.8, 4) is 5.88 Å². The van der Waals surface area contributed by atoms with Crippen LogP contribution in [0.15, 0.2) is 30.3 Å². The maximum atomic E-state index is 12.4. The minimum Gasteiger partial charge on any atom is -0.479 e. The fraction of sp³-hybridized carbons (Fsp3) is 0.353. The van der Waals surface area contributed by atoms with Gasteiger partial charge in [0.05, 0.1) is 7.11 Å². The van der Waals surface area contributed by atoms with E-state index >= 15 is 0 Å². The van der Waals surface area contributed by atoms with E-state index in [2.05, 4.69) is 20.6 Å². The predicted octanol–water partition coefficient (Wildman–Crippen LogP) is 2.44. The Labute approximate surface area is 152 Å². The Morgan fingerprint density at radius 2 is 2.00 bits per heavy atom. The van der Waals surface area contributed by atoms with Crippen LogP contribution in [0.2, 0.25) is 5.15 Å². The molecule has 0 bridgehead atoms. The van der Waals surface area contributed by atoms with Crippen LogP contribution in [0.3, 0.4) is 0 Å². The lowest BCUT2D eigenvalue weighted by Crippen LogP contribution is -2.33. The number of nitrogens with one attached hydrogen (secondary N) is 2. The van der Waals surface area contributed by atoms with Crippen molar-refractivity contribution in [2.45, 2.75) is 6.92 Å². The second-order valence-electron chi connectivity index (χ2n) is 5.26. The van der Waals surface area contributed by atoms with Crippen LogP contribution in [0.1, 0.15) is 17.4 Å². The number of ether oxygens (including phenoxy) is 1. The van der Waals surface area contributed by atoms with Gasteiger partial charge in [-0.15, -0.1) is 0 Å². The van der Waals surface area contributed by atoms with Gasteiger partial charge in [0.2, 0.25) is 5.88 Å². The van der Waals surface area contributed by atoms with Crippen molar-refractivity contribution in [2.75, 3.05) is 44.0 Å². The fourth-order valence-corrected chi connectivity index (χ4v) is 2.40. The zero-order valence-electron chi connectivity index (χ0n) is 14.5. The van der Waals surface area contributed by atoms with Gasteiger partial charge in [0, 0.05) is 32.4 Å². The van der Waals surface area contributed by atoms with Crippen molar-refractivity contribution in [3.05, 3.63) is 41.2 Å². The van der Waals surface area contributed by atoms with Crippen LogP contribution < -0.4 is 20.3 Å². The van der Waals surface area contributed by atoms with Gasteiger partial charge in [-0.1, -0.05) is 29.8 Å². The van der Waals surface area contributed by atoms with Crippen LogP contribution in [-0.2, 0) is 0 Å². The van der Waals surface area contributed by atoms with Gasteiger partial charge in [0.1, 0.15) is 0 Å². The number of likely N-dealkylation sites (N-methyl/N-ethyl adjacent to an activating group) is 1. The third-order valence-corrected chi connectivity index (χ3v) is 3.77. The molecule has 1 amide bonds. The van der Waals surface area contributed by atoms with Crippen molar-refractivity contribution in [1.29, 1.82) is 0 Å². The van der Waals surface area contributed by atoms with Crippen molar-refractivity contribution in [1.82, 2.24) is 15.3 Å². The van der Waals surface area contributed by atoms with Gasteiger partial charge in [-0.3, -0.25) is 4.79 Å². The Morgan fingerprint density at radius 3 is 2.64 bits per heavy atom. The number of hydrogen-bond acceptors (Lipinski definition) is 6. The second kappa shape index (κ2) is 9.08. The first-order valence-electron chi connectivity index (χ1n) is 7.96. The van der Waals surface area contributed by atoms with Crippen molar-refractivity contribution in [3.63, 3.8) is 0 Å². The molecule has 1 heterocycles. The summed E-state index contributed by atoms with van der Waals surface area (Å²) in [5.74, 6) is 0.145. The number of amides is 1. The van der Waals surface area contributed by atoms with Gasteiger partial charge in [-0.05, 0) is 19.1 Å². The van der Waals surface area contributed by atoms with Crippen molar-refractivity contribution < 1.29 is 9.53 Å². The first-order chi connectivity index (χ1) is 12.1. The van der Waals surface area contributed by atoms with Gasteiger partial charge < -0.3 is 20.3 Å². The summed E-state index contributed by atoms with van der Waals surface area (Å²) >= 11 is 6.07. The molecule has 0 saturated carbocycles. The molecule has 0 aliphatic rings. The molecule has 0 radical (unpaired) electrons. The topological polar surface area (TPSA) is 79.4 Å². The lowest BCUT2D eigenvalue weighted by atomic mass is 10.3. The van der Waals surface area contributed by atoms with Crippen molar-refractivity contribution >= 4 is 29.0 Å². The van der Waals surface area contributed by atoms with E-state index in [0.717, 1.165) is 5.69 Å². The summed E-state index contributed by atoms with van der Waals surface area (Å²) in [6.45, 7) is 3.64. The summed E-state index contributed by atoms with van der Waals surface area (Å²) in [6.07, 6.45) is 0. The molecule has 0 saturated heterocycles. The molecule has 7 nitrogen and oxygen atoms in total. The first-order valence-corrected chi connectivity index (χ1v) is 8.34. The number of para-hydroxylation sites is 1. The summed E-state index contributed by atoms with van der Waals surface area (Å²) in [6, 6.07) is 9.92. The molecule has 1 aromatic carbocycles. The number of anilines is 2. The van der Waals surface area contributed by atoms with E-state index in [9.17, 15) is 4.79 Å². The number of carbonyl (C=O) groups excluding carboxylic acids is 1. The minimum atomic E-state index is -0.379. The fourth-order valence-electron chi connectivity index (χ4n) is 2.20. The summed E-state index contributed by atoms with van der Waals surface area (Å²) in [5.41, 5.74) is 1.14. The SMILES string of the molecule is CCNc1nc(OC)c(C(=O)NCCN(C)c2ccccc2)nc1Cl. The molecule has 134 valence electrons. The smallest absolute Gasteiger partial charge is 0.275 e. The van der Waals surface area contributed by atoms with E-state index < -0.39 is 0 Å². The molecule has 2 N–H and O–H groups in total. The normalized spacial score (nSPS) is 10.2. The zero-order valence-corrected chi connectivity index (χ0v) is 15.3. The largest absolute Gasteiger partial charge is 0.479 e. The molecule has 0 fully saturated rings. The van der Waals surface area contributed by atoms with Crippen molar-refractivity contribution in [2.24, 2.45) is 0 Å². The van der Waals surface area contributed by atoms with E-state index in [-0.39, 0.29) is 22.6 Å². The molecule has 0 unspecified atom stereocenters. The molecule has 25 heavy (non-hydrogen) atoms. The van der Waals surface area contributed by atoms with E-state index in [1.807, 2.05) is 49.2 Å². The Balaban J connectivity index is 1.99. The highest BCUT2D eigenvalue weighted by atomic mass is 35.5. The third kappa shape index (κ3) is 4.96. The van der Waals surface area contributed by atoms with E-state index in [1.165, 1.54) is 7.11 Å². The van der Waals surface area contributed by atoms with E-state index in [4.69, 9.17) is 16.3 Å². The summed E-state index contributed by atoms with van der Waals surface area (Å²) in [7, 11) is 3.40. The molecule has 8 heteroatoms. The summed E-state index contributed by atoms with van der Waals surface area (Å²) < 4.78 is 5.16. The van der Waals surface area contributed by atoms with Gasteiger partial charge in [-0.25, -0.2) is 4.98 Å². The average molecular weight is 364 g/mol. The molecular weight excluding hydrogens is 342 g/mol. The Morgan fingerprint density at radius 1 is 1.28 bits per heavy atom. The molecule has 2 aromatic rings. The van der Waals surface area contributed by atoms with Crippen LogP contribution in [0, 0.1) is 0 Å².